The first kappa shape index (κ1) is 39.4. The molecule has 0 spiro atoms. The highest BCUT2D eigenvalue weighted by Gasteiger charge is 2.49. The van der Waals surface area contributed by atoms with Gasteiger partial charge in [0.15, 0.2) is 17.4 Å². The number of nitrogens with two attached hydrogens (primary N) is 1. The van der Waals surface area contributed by atoms with Gasteiger partial charge in [-0.1, -0.05) is 0 Å². The number of ether oxygens (including phenoxy) is 2. The van der Waals surface area contributed by atoms with Crippen molar-refractivity contribution >= 4 is 48.4 Å². The maximum Gasteiger partial charge on any atom is 0.490 e. The number of hydrogen-bond donors (Lipinski definition) is 10. The van der Waals surface area contributed by atoms with Crippen LogP contribution in [0.4, 0.5) is 5.95 Å². The number of phosphoric ester groups is 2. The van der Waals surface area contributed by atoms with Crippen molar-refractivity contribution in [3.05, 3.63) is 49.8 Å². The van der Waals surface area contributed by atoms with Gasteiger partial charge in [-0.05, 0) is 0 Å². The fourth-order valence-corrected chi connectivity index (χ4v) is 9.67. The molecule has 0 aliphatic carbocycles. The zero-order chi connectivity index (χ0) is 37.7. The lowest BCUT2D eigenvalue weighted by molar-refractivity contribution is -0.0542. The van der Waals surface area contributed by atoms with Crippen LogP contribution in [0.25, 0.3) is 11.2 Å². The minimum absolute atomic E-state index is 0.0319. The highest BCUT2D eigenvalue weighted by atomic mass is 31.3. The monoisotopic (exact) mass is 813 g/mol. The van der Waals surface area contributed by atoms with Crippen LogP contribution in [-0.2, 0) is 49.7 Å². The molecule has 2 aliphatic heterocycles. The van der Waals surface area contributed by atoms with E-state index in [1.807, 2.05) is 4.98 Å². The quantitative estimate of drug-likeness (QED) is 0.0725. The van der Waals surface area contributed by atoms with Crippen molar-refractivity contribution in [1.82, 2.24) is 29.1 Å². The van der Waals surface area contributed by atoms with E-state index in [1.165, 1.54) is 4.57 Å². The number of aliphatic hydroxyl groups is 3. The second kappa shape index (κ2) is 14.5. The summed E-state index contributed by atoms with van der Waals surface area (Å²) in [5.41, 5.74) is 2.84. The predicted molar refractivity (Wildman–Crippen MR) is 159 cm³/mol. The number of aromatic amines is 2. The fourth-order valence-electron chi connectivity index (χ4n) is 4.72. The molecule has 2 saturated heterocycles. The molecule has 2 aliphatic rings. The van der Waals surface area contributed by atoms with E-state index in [0.29, 0.717) is 4.57 Å². The van der Waals surface area contributed by atoms with Crippen molar-refractivity contribution in [2.45, 2.75) is 49.4 Å². The summed E-state index contributed by atoms with van der Waals surface area (Å²) in [5, 5.41) is 30.8. The van der Waals surface area contributed by atoms with Crippen LogP contribution >= 0.6 is 31.3 Å². The summed E-state index contributed by atoms with van der Waals surface area (Å²) in [4.78, 5) is 86.5. The van der Waals surface area contributed by atoms with Crippen molar-refractivity contribution < 1.29 is 84.6 Å². The Kier molecular flexibility index (Phi) is 11.2. The maximum atomic E-state index is 12.3. The normalized spacial score (nSPS) is 30.1. The number of imidazole rings is 1. The van der Waals surface area contributed by atoms with Gasteiger partial charge in [-0.15, -0.1) is 0 Å². The van der Waals surface area contributed by atoms with E-state index in [4.69, 9.17) is 15.2 Å². The van der Waals surface area contributed by atoms with E-state index < -0.39 is 104 Å². The number of nitrogens with zero attached hydrogens (tertiary/aromatic N) is 4. The molecule has 3 aromatic heterocycles. The molecule has 11 N–H and O–H groups in total. The molecule has 0 radical (unpaired) electrons. The molecule has 5 rings (SSSR count). The first-order valence-corrected chi connectivity index (χ1v) is 19.7. The molecule has 28 nitrogen and oxygen atoms in total. The first-order chi connectivity index (χ1) is 23.6. The van der Waals surface area contributed by atoms with Gasteiger partial charge in [-0.3, -0.25) is 37.7 Å². The predicted octanol–water partition coefficient (Wildman–Crippen LogP) is -3.00. The van der Waals surface area contributed by atoms with E-state index in [2.05, 4.69) is 36.9 Å². The van der Waals surface area contributed by atoms with Crippen LogP contribution in [-0.4, -0.2) is 108 Å². The van der Waals surface area contributed by atoms with Gasteiger partial charge >= 0.3 is 37.0 Å². The molecule has 0 saturated carbocycles. The second-order valence-corrected chi connectivity index (χ2v) is 16.7. The second-order valence-electron chi connectivity index (χ2n) is 10.5. The van der Waals surface area contributed by atoms with Crippen LogP contribution in [0.2, 0.25) is 0 Å². The Labute approximate surface area is 280 Å². The molecule has 3 aromatic rings. The van der Waals surface area contributed by atoms with Crippen LogP contribution < -0.4 is 22.5 Å². The molecule has 284 valence electrons. The van der Waals surface area contributed by atoms with E-state index in [-0.39, 0.29) is 23.5 Å². The summed E-state index contributed by atoms with van der Waals surface area (Å²) >= 11 is 0. The SMILES string of the molecule is Nc1nc2c(ncn2[C@H]2C[C@H](O)[C@@H](COP(=O)(O)OP(=O)(O)OP(=O)(O)OP(=O)(O)OC[C@H]3O[C@@H](n4ccc(=O)[nH]c4=O)[C@H](O)[C@@H]3O)O2)c(=O)[nH]1. The van der Waals surface area contributed by atoms with Crippen LogP contribution in [0.15, 0.2) is 33.0 Å². The number of aliphatic hydroxyl groups excluding tert-OH is 3. The average Bonchev–Trinajstić information content (AvgIpc) is 3.64. The van der Waals surface area contributed by atoms with Crippen molar-refractivity contribution in [2.24, 2.45) is 0 Å². The summed E-state index contributed by atoms with van der Waals surface area (Å²) in [6.07, 6.45) is -9.20. The number of H-pyrrole nitrogens is 2. The summed E-state index contributed by atoms with van der Waals surface area (Å²) < 4.78 is 82.2. The number of hydrogen-bond acceptors (Lipinski definition) is 20. The molecule has 5 heterocycles. The van der Waals surface area contributed by atoms with Gasteiger partial charge in [0.05, 0.1) is 25.6 Å². The number of fused-ring (bicyclic) bond motifs is 1. The van der Waals surface area contributed by atoms with Gasteiger partial charge in [0.1, 0.15) is 30.6 Å². The molecule has 51 heavy (non-hydrogen) atoms. The average molecular weight is 813 g/mol. The Balaban J connectivity index is 1.13. The minimum Gasteiger partial charge on any atom is -0.390 e. The number of aromatic nitrogens is 6. The number of rotatable bonds is 14. The van der Waals surface area contributed by atoms with Crippen LogP contribution in [0.3, 0.4) is 0 Å². The lowest BCUT2D eigenvalue weighted by Crippen LogP contribution is -2.37. The maximum absolute atomic E-state index is 12.3. The van der Waals surface area contributed by atoms with Gasteiger partial charge in [0, 0.05) is 18.7 Å². The molecule has 4 unspecified atom stereocenters. The number of nitrogen functional groups attached to an aromatic ring is 1. The number of phosphoric acid groups is 4. The summed E-state index contributed by atoms with van der Waals surface area (Å²) in [7, 11) is -23.9. The molecule has 2 fully saturated rings. The first-order valence-electron chi connectivity index (χ1n) is 13.7. The van der Waals surface area contributed by atoms with Gasteiger partial charge in [0.2, 0.25) is 5.95 Å². The summed E-state index contributed by atoms with van der Waals surface area (Å²) in [5.74, 6) is -0.258. The van der Waals surface area contributed by atoms with Crippen molar-refractivity contribution in [1.29, 1.82) is 0 Å². The van der Waals surface area contributed by atoms with Gasteiger partial charge in [-0.2, -0.15) is 17.9 Å². The van der Waals surface area contributed by atoms with Crippen LogP contribution in [0.5, 0.6) is 0 Å². The van der Waals surface area contributed by atoms with Crippen LogP contribution in [0, 0.1) is 0 Å². The Morgan fingerprint density at radius 3 is 2.04 bits per heavy atom. The topological polar surface area (TPSA) is 419 Å². The zero-order valence-corrected chi connectivity index (χ0v) is 28.5. The molecule has 0 bridgehead atoms. The standard InChI is InChI=1S/C19H27N7O21P4/c20-18-23-15-12(16(31)24-18)21-6-26(15)11-3-7(27)8(43-11)4-41-48(33,34)45-50(37,38)47-51(39,40)46-49(35,36)42-5-9-13(29)14(30)17(44-9)25-2-1-10(28)22-19(25)32/h1-2,6-9,11,13-14,17,27,29-30H,3-5H2,(H,33,34)(H,35,36)(H,37,38)(H,39,40)(H,22,28,32)(H3,20,23,24,31)/t7-,8+,9+,11+,13+,14+,17+/m0/s1. The Morgan fingerprint density at radius 2 is 1.43 bits per heavy atom. The summed E-state index contributed by atoms with van der Waals surface area (Å²) in [6, 6.07) is 0.878. The van der Waals surface area contributed by atoms with Gasteiger partial charge < -0.3 is 50.1 Å². The molecule has 32 heteroatoms. The molecular weight excluding hydrogens is 786 g/mol. The third-order valence-electron chi connectivity index (χ3n) is 6.85. The third-order valence-corrected chi connectivity index (χ3v) is 12.8. The van der Waals surface area contributed by atoms with E-state index in [0.717, 1.165) is 18.6 Å². The van der Waals surface area contributed by atoms with E-state index in [9.17, 15) is 67.5 Å². The van der Waals surface area contributed by atoms with E-state index in [1.54, 1.807) is 0 Å². The smallest absolute Gasteiger partial charge is 0.390 e. The largest absolute Gasteiger partial charge is 0.490 e. The fraction of sp³-hybridized carbons (Fsp3) is 0.526. The van der Waals surface area contributed by atoms with Crippen LogP contribution in [0.1, 0.15) is 18.9 Å². The number of nitrogens with one attached hydrogen (secondary N) is 2. The van der Waals surface area contributed by atoms with Crippen molar-refractivity contribution in [3.63, 3.8) is 0 Å². The molecule has 11 atom stereocenters. The van der Waals surface area contributed by atoms with Crippen molar-refractivity contribution in [2.75, 3.05) is 18.9 Å². The summed E-state index contributed by atoms with van der Waals surface area (Å²) in [6.45, 7) is -2.20. The minimum atomic E-state index is -6.20. The Morgan fingerprint density at radius 1 is 0.843 bits per heavy atom. The number of anilines is 1. The van der Waals surface area contributed by atoms with Gasteiger partial charge in [0.25, 0.3) is 11.1 Å². The van der Waals surface area contributed by atoms with Gasteiger partial charge in [-0.25, -0.2) is 28.0 Å². The molecule has 0 amide bonds. The molecule has 0 aromatic carbocycles. The molecular formula is C19H27N7O21P4. The highest BCUT2D eigenvalue weighted by Crippen LogP contribution is 2.71. The Hall–Kier alpha value is -2.81. The lowest BCUT2D eigenvalue weighted by atomic mass is 10.1. The van der Waals surface area contributed by atoms with E-state index >= 15 is 0 Å². The third kappa shape index (κ3) is 9.41. The zero-order valence-electron chi connectivity index (χ0n) is 24.9. The Bertz CT molecular complexity index is 2150. The lowest BCUT2D eigenvalue weighted by Gasteiger charge is -2.21. The highest BCUT2D eigenvalue weighted by molar-refractivity contribution is 7.69. The van der Waals surface area contributed by atoms with Crippen molar-refractivity contribution in [3.8, 4) is 0 Å².